The van der Waals surface area contributed by atoms with Gasteiger partial charge < -0.3 is 10.2 Å². The highest BCUT2D eigenvalue weighted by atomic mass is 16.2. The fourth-order valence-corrected chi connectivity index (χ4v) is 4.03. The van der Waals surface area contributed by atoms with E-state index in [9.17, 15) is 9.59 Å². The average Bonchev–Trinajstić information content (AvgIpc) is 3.33. The maximum atomic E-state index is 13.0. The number of likely N-dealkylation sites (tertiary alicyclic amines) is 1. The number of amides is 2. The summed E-state index contributed by atoms with van der Waals surface area (Å²) in [6.07, 6.45) is 4.74. The van der Waals surface area contributed by atoms with Gasteiger partial charge in [0.05, 0.1) is 24.0 Å². The third kappa shape index (κ3) is 4.84. The topological polar surface area (TPSA) is 85.0 Å². The van der Waals surface area contributed by atoms with Crippen molar-refractivity contribution >= 4 is 11.8 Å². The van der Waals surface area contributed by atoms with Crippen LogP contribution in [0.25, 0.3) is 0 Å². The van der Waals surface area contributed by atoms with E-state index in [-0.39, 0.29) is 17.9 Å². The number of carbonyl (C=O) groups excluding carboxylic acids is 2. The van der Waals surface area contributed by atoms with E-state index in [0.717, 1.165) is 29.8 Å². The molecule has 2 aromatic heterocycles. The van der Waals surface area contributed by atoms with Crippen LogP contribution in [0.2, 0.25) is 0 Å². The molecule has 2 amide bonds. The summed E-state index contributed by atoms with van der Waals surface area (Å²) in [6.45, 7) is 5.90. The number of nitrogens with one attached hydrogen (secondary N) is 1. The van der Waals surface area contributed by atoms with E-state index in [1.807, 2.05) is 53.8 Å². The minimum absolute atomic E-state index is 0.0345. The second-order valence-corrected chi connectivity index (χ2v) is 8.23. The Morgan fingerprint density at radius 3 is 2.55 bits per heavy atom. The molecular formula is C23H28N6O2. The molecule has 1 aliphatic rings. The zero-order valence-electron chi connectivity index (χ0n) is 18.2. The van der Waals surface area contributed by atoms with E-state index in [2.05, 4.69) is 15.5 Å². The quantitative estimate of drug-likeness (QED) is 0.687. The molecule has 31 heavy (non-hydrogen) atoms. The molecule has 8 nitrogen and oxygen atoms in total. The number of hydrogen-bond acceptors (Lipinski definition) is 4. The second kappa shape index (κ2) is 8.75. The maximum Gasteiger partial charge on any atom is 0.254 e. The summed E-state index contributed by atoms with van der Waals surface area (Å²) in [6, 6.07) is 9.88. The zero-order valence-corrected chi connectivity index (χ0v) is 18.2. The minimum Gasteiger partial charge on any atom is -0.349 e. The molecule has 0 atom stereocenters. The van der Waals surface area contributed by atoms with Crippen molar-refractivity contribution in [1.29, 1.82) is 0 Å². The smallest absolute Gasteiger partial charge is 0.254 e. The Labute approximate surface area is 181 Å². The van der Waals surface area contributed by atoms with Crippen LogP contribution in [-0.4, -0.2) is 55.4 Å². The van der Waals surface area contributed by atoms with E-state index in [1.54, 1.807) is 24.1 Å². The first-order valence-electron chi connectivity index (χ1n) is 10.6. The van der Waals surface area contributed by atoms with Gasteiger partial charge in [-0.3, -0.25) is 19.0 Å². The molecule has 0 bridgehead atoms. The third-order valence-electron chi connectivity index (χ3n) is 5.69. The molecule has 1 aliphatic heterocycles. The van der Waals surface area contributed by atoms with Crippen LogP contribution < -0.4 is 5.32 Å². The van der Waals surface area contributed by atoms with Crippen molar-refractivity contribution in [3.05, 3.63) is 70.8 Å². The van der Waals surface area contributed by atoms with Gasteiger partial charge in [0.15, 0.2) is 0 Å². The number of carbonyl (C=O) groups is 2. The molecule has 0 saturated carbocycles. The molecular weight excluding hydrogens is 392 g/mol. The third-order valence-corrected chi connectivity index (χ3v) is 5.69. The molecule has 162 valence electrons. The van der Waals surface area contributed by atoms with Crippen molar-refractivity contribution in [2.75, 3.05) is 13.1 Å². The Hall–Kier alpha value is -3.42. The standard InChI is InChI=1S/C23H28N6O2/c1-16-11-17(2)29(26-16)14-18-5-4-6-19(12-18)23(31)28-9-7-21(8-10-28)25-22(30)20-13-24-27(3)15-20/h4-6,11-13,15,21H,7-10,14H2,1-3H3,(H,25,30). The van der Waals surface area contributed by atoms with E-state index < -0.39 is 0 Å². The van der Waals surface area contributed by atoms with Crippen LogP contribution in [0.5, 0.6) is 0 Å². The van der Waals surface area contributed by atoms with Crippen molar-refractivity contribution in [1.82, 2.24) is 29.8 Å². The van der Waals surface area contributed by atoms with Crippen molar-refractivity contribution in [2.45, 2.75) is 39.3 Å². The number of piperidine rings is 1. The van der Waals surface area contributed by atoms with Crippen molar-refractivity contribution in [3.8, 4) is 0 Å². The first-order chi connectivity index (χ1) is 14.9. The summed E-state index contributed by atoms with van der Waals surface area (Å²) in [5.74, 6) is -0.0815. The molecule has 1 saturated heterocycles. The predicted octanol–water partition coefficient (Wildman–Crippen LogP) is 2.32. The van der Waals surface area contributed by atoms with Gasteiger partial charge in [-0.2, -0.15) is 10.2 Å². The lowest BCUT2D eigenvalue weighted by molar-refractivity contribution is 0.0698. The van der Waals surface area contributed by atoms with Crippen molar-refractivity contribution in [3.63, 3.8) is 0 Å². The number of rotatable bonds is 5. The first-order valence-corrected chi connectivity index (χ1v) is 10.6. The predicted molar refractivity (Wildman–Crippen MR) is 117 cm³/mol. The van der Waals surface area contributed by atoms with Gasteiger partial charge in [0.1, 0.15) is 0 Å². The largest absolute Gasteiger partial charge is 0.349 e. The van der Waals surface area contributed by atoms with Gasteiger partial charge in [0.2, 0.25) is 0 Å². The number of aryl methyl sites for hydroxylation is 3. The maximum absolute atomic E-state index is 13.0. The van der Waals surface area contributed by atoms with Gasteiger partial charge in [-0.25, -0.2) is 0 Å². The fraction of sp³-hybridized carbons (Fsp3) is 0.391. The molecule has 4 rings (SSSR count). The van der Waals surface area contributed by atoms with Crippen LogP contribution in [0.15, 0.2) is 42.7 Å². The van der Waals surface area contributed by atoms with Crippen LogP contribution in [0.3, 0.4) is 0 Å². The Bertz CT molecular complexity index is 1090. The molecule has 3 heterocycles. The van der Waals surface area contributed by atoms with Gasteiger partial charge in [0.25, 0.3) is 11.8 Å². The molecule has 1 aromatic carbocycles. The second-order valence-electron chi connectivity index (χ2n) is 8.23. The highest BCUT2D eigenvalue weighted by molar-refractivity contribution is 5.95. The van der Waals surface area contributed by atoms with Crippen LogP contribution in [0.1, 0.15) is 50.5 Å². The zero-order chi connectivity index (χ0) is 22.0. The van der Waals surface area contributed by atoms with Crippen LogP contribution >= 0.6 is 0 Å². The molecule has 1 fully saturated rings. The van der Waals surface area contributed by atoms with E-state index in [0.29, 0.717) is 30.8 Å². The Morgan fingerprint density at radius 2 is 1.90 bits per heavy atom. The van der Waals surface area contributed by atoms with Crippen LogP contribution in [0.4, 0.5) is 0 Å². The summed E-state index contributed by atoms with van der Waals surface area (Å²) >= 11 is 0. The SMILES string of the molecule is Cc1cc(C)n(Cc2cccc(C(=O)N3CCC(NC(=O)c4cnn(C)c4)CC3)c2)n1. The molecule has 3 aromatic rings. The molecule has 0 aliphatic carbocycles. The lowest BCUT2D eigenvalue weighted by Crippen LogP contribution is -2.46. The lowest BCUT2D eigenvalue weighted by Gasteiger charge is -2.32. The van der Waals surface area contributed by atoms with E-state index in [1.165, 1.54) is 0 Å². The van der Waals surface area contributed by atoms with Crippen molar-refractivity contribution in [2.24, 2.45) is 7.05 Å². The fourth-order valence-electron chi connectivity index (χ4n) is 4.03. The summed E-state index contributed by atoms with van der Waals surface area (Å²) in [5.41, 5.74) is 4.39. The first kappa shape index (κ1) is 20.8. The van der Waals surface area contributed by atoms with Crippen LogP contribution in [-0.2, 0) is 13.6 Å². The molecule has 8 heteroatoms. The number of aromatic nitrogens is 4. The minimum atomic E-state index is -0.116. The summed E-state index contributed by atoms with van der Waals surface area (Å²) in [4.78, 5) is 27.2. The number of nitrogens with zero attached hydrogens (tertiary/aromatic N) is 5. The molecule has 0 radical (unpaired) electrons. The van der Waals surface area contributed by atoms with E-state index in [4.69, 9.17) is 0 Å². The number of benzene rings is 1. The monoisotopic (exact) mass is 420 g/mol. The Kier molecular flexibility index (Phi) is 5.88. The van der Waals surface area contributed by atoms with Gasteiger partial charge in [0, 0.05) is 43.6 Å². The summed E-state index contributed by atoms with van der Waals surface area (Å²) in [7, 11) is 1.78. The normalized spacial score (nSPS) is 14.6. The molecule has 1 N–H and O–H groups in total. The summed E-state index contributed by atoms with van der Waals surface area (Å²) in [5, 5.41) is 11.6. The van der Waals surface area contributed by atoms with E-state index >= 15 is 0 Å². The van der Waals surface area contributed by atoms with Gasteiger partial charge in [-0.15, -0.1) is 0 Å². The lowest BCUT2D eigenvalue weighted by atomic mass is 10.0. The van der Waals surface area contributed by atoms with Gasteiger partial charge >= 0.3 is 0 Å². The van der Waals surface area contributed by atoms with Gasteiger partial charge in [-0.1, -0.05) is 12.1 Å². The highest BCUT2D eigenvalue weighted by Gasteiger charge is 2.25. The van der Waals surface area contributed by atoms with Crippen molar-refractivity contribution < 1.29 is 9.59 Å². The molecule has 0 spiro atoms. The number of hydrogen-bond donors (Lipinski definition) is 1. The average molecular weight is 421 g/mol. The summed E-state index contributed by atoms with van der Waals surface area (Å²) < 4.78 is 3.56. The van der Waals surface area contributed by atoms with Crippen LogP contribution in [0, 0.1) is 13.8 Å². The Morgan fingerprint density at radius 1 is 1.13 bits per heavy atom. The molecule has 0 unspecified atom stereocenters. The van der Waals surface area contributed by atoms with Gasteiger partial charge in [-0.05, 0) is 50.5 Å². The highest BCUT2D eigenvalue weighted by Crippen LogP contribution is 2.16. The Balaban J connectivity index is 1.34.